The van der Waals surface area contributed by atoms with Crippen LogP contribution < -0.4 is 5.32 Å². The van der Waals surface area contributed by atoms with E-state index in [4.69, 9.17) is 14.2 Å². The van der Waals surface area contributed by atoms with E-state index in [9.17, 15) is 14.4 Å². The van der Waals surface area contributed by atoms with Crippen LogP contribution in [-0.2, 0) is 28.6 Å². The fourth-order valence-electron chi connectivity index (χ4n) is 8.69. The number of esters is 2. The Morgan fingerprint density at radius 2 is 1.00 bits per heavy atom. The first-order chi connectivity index (χ1) is 31.0. The highest BCUT2D eigenvalue weighted by molar-refractivity contribution is 7.99. The third-order valence-corrected chi connectivity index (χ3v) is 14.0. The summed E-state index contributed by atoms with van der Waals surface area (Å²) in [4.78, 5) is 41.9. The third kappa shape index (κ3) is 40.7. The molecule has 0 aromatic carbocycles. The second kappa shape index (κ2) is 47.2. The molecule has 0 aromatic rings. The number of rotatable bonds is 48. The van der Waals surface area contributed by atoms with E-state index in [1.165, 1.54) is 180 Å². The molecule has 0 aliphatic carbocycles. The molecule has 1 amide bonds. The zero-order valence-electron chi connectivity index (χ0n) is 42.0. The molecule has 0 aromatic heterocycles. The smallest absolute Gasteiger partial charge is 0.310 e. The van der Waals surface area contributed by atoms with Crippen LogP contribution in [0.25, 0.3) is 0 Å². The maximum Gasteiger partial charge on any atom is 0.310 e. The van der Waals surface area contributed by atoms with Crippen LogP contribution in [0.3, 0.4) is 0 Å². The van der Waals surface area contributed by atoms with E-state index in [0.29, 0.717) is 31.1 Å². The first-order valence-corrected chi connectivity index (χ1v) is 28.7. The number of unbranched alkanes of at least 4 members (excludes halogenated alkanes) is 29. The van der Waals surface area contributed by atoms with E-state index in [-0.39, 0.29) is 30.4 Å². The number of carbonyl (C=O) groups is 3. The Morgan fingerprint density at radius 1 is 0.571 bits per heavy atom. The fourth-order valence-corrected chi connectivity index (χ4v) is 9.70. The van der Waals surface area contributed by atoms with Gasteiger partial charge in [-0.15, -0.1) is 0 Å². The number of hydrogen-bond acceptors (Lipinski definition) is 8. The molecule has 1 aliphatic rings. The van der Waals surface area contributed by atoms with Crippen LogP contribution in [0.1, 0.15) is 258 Å². The molecule has 1 N–H and O–H groups in total. The largest absolute Gasteiger partial charge is 0.466 e. The predicted molar refractivity (Wildman–Crippen MR) is 270 cm³/mol. The molecular formula is C54H104N2O6S. The highest BCUT2D eigenvalue weighted by Crippen LogP contribution is 2.22. The number of hydrogen-bond donors (Lipinski definition) is 1. The molecule has 0 bridgehead atoms. The summed E-state index contributed by atoms with van der Waals surface area (Å²) in [5, 5.41) is 3.07. The monoisotopic (exact) mass is 909 g/mol. The van der Waals surface area contributed by atoms with E-state index >= 15 is 0 Å². The molecule has 1 saturated heterocycles. The van der Waals surface area contributed by atoms with Gasteiger partial charge in [0.1, 0.15) is 6.10 Å². The Labute approximate surface area is 394 Å². The fraction of sp³-hybridized carbons (Fsp3) is 0.944. The maximum atomic E-state index is 13.8. The summed E-state index contributed by atoms with van der Waals surface area (Å²) in [7, 11) is 0. The SMILES string of the molecule is CCCCCCCCCCCCCCCCCCCCCCOC(=O)CCSCC(CC(=O)NCCCN1CCOCC1)C(=O)OC(CCCCCCCC)CCCCCCCC. The summed E-state index contributed by atoms with van der Waals surface area (Å²) in [6, 6.07) is 0. The molecule has 0 saturated carbocycles. The Balaban J connectivity index is 2.35. The van der Waals surface area contributed by atoms with Crippen LogP contribution in [0, 0.1) is 5.92 Å². The van der Waals surface area contributed by atoms with E-state index in [1.807, 2.05) is 0 Å². The summed E-state index contributed by atoms with van der Waals surface area (Å²) in [6.07, 6.45) is 44.5. The topological polar surface area (TPSA) is 94.2 Å². The lowest BCUT2D eigenvalue weighted by atomic mass is 10.0. The first-order valence-electron chi connectivity index (χ1n) is 27.5. The molecule has 1 fully saturated rings. The molecule has 372 valence electrons. The van der Waals surface area contributed by atoms with Crippen LogP contribution in [0.4, 0.5) is 0 Å². The third-order valence-electron chi connectivity index (χ3n) is 12.9. The van der Waals surface area contributed by atoms with E-state index < -0.39 is 5.92 Å². The van der Waals surface area contributed by atoms with Crippen LogP contribution >= 0.6 is 11.8 Å². The summed E-state index contributed by atoms with van der Waals surface area (Å²) in [5.41, 5.74) is 0. The predicted octanol–water partition coefficient (Wildman–Crippen LogP) is 14.7. The molecule has 1 unspecified atom stereocenters. The van der Waals surface area contributed by atoms with Crippen molar-refractivity contribution in [3.8, 4) is 0 Å². The number of nitrogens with zero attached hydrogens (tertiary/aromatic N) is 1. The van der Waals surface area contributed by atoms with Crippen molar-refractivity contribution in [2.45, 2.75) is 264 Å². The van der Waals surface area contributed by atoms with Gasteiger partial charge in [0.25, 0.3) is 0 Å². The Bertz CT molecular complexity index is 995. The van der Waals surface area contributed by atoms with Crippen molar-refractivity contribution in [1.82, 2.24) is 10.2 Å². The second-order valence-corrected chi connectivity index (χ2v) is 20.1. The molecule has 1 atom stereocenters. The highest BCUT2D eigenvalue weighted by atomic mass is 32.2. The van der Waals surface area contributed by atoms with Crippen LogP contribution in [-0.4, -0.2) is 86.4 Å². The number of thioether (sulfide) groups is 1. The summed E-state index contributed by atoms with van der Waals surface area (Å²) >= 11 is 1.56. The van der Waals surface area contributed by atoms with Gasteiger partial charge in [-0.3, -0.25) is 19.3 Å². The molecule has 1 rings (SSSR count). The van der Waals surface area contributed by atoms with Gasteiger partial charge in [0, 0.05) is 37.6 Å². The van der Waals surface area contributed by atoms with Crippen molar-refractivity contribution in [2.24, 2.45) is 5.92 Å². The van der Waals surface area contributed by atoms with Gasteiger partial charge in [-0.25, -0.2) is 0 Å². The molecule has 9 heteroatoms. The minimum Gasteiger partial charge on any atom is -0.466 e. The first kappa shape index (κ1) is 59.7. The number of nitrogens with one attached hydrogen (secondary N) is 1. The number of amides is 1. The number of morpholine rings is 1. The van der Waals surface area contributed by atoms with E-state index in [2.05, 4.69) is 31.0 Å². The van der Waals surface area contributed by atoms with Gasteiger partial charge in [0.15, 0.2) is 0 Å². The van der Waals surface area contributed by atoms with Crippen LogP contribution in [0.2, 0.25) is 0 Å². The normalized spacial score (nSPS) is 13.7. The molecule has 1 heterocycles. The average Bonchev–Trinajstić information content (AvgIpc) is 3.29. The Hall–Kier alpha value is -1.32. The van der Waals surface area contributed by atoms with Gasteiger partial charge >= 0.3 is 11.9 Å². The summed E-state index contributed by atoms with van der Waals surface area (Å²) in [5.74, 6) is -0.0195. The van der Waals surface area contributed by atoms with Crippen molar-refractivity contribution in [1.29, 1.82) is 0 Å². The molecule has 8 nitrogen and oxygen atoms in total. The standard InChI is InChI=1S/C54H104N2O6S/c1-4-7-10-13-16-17-18-19-20-21-22-23-24-25-26-27-28-29-32-35-44-61-53(58)39-47-63-49-50(48-52(57)55-40-36-41-56-42-45-60-46-43-56)54(59)62-51(37-33-30-14-11-8-5-2)38-34-31-15-12-9-6-3/h50-51H,4-49H2,1-3H3,(H,55,57). The van der Waals surface area contributed by atoms with E-state index in [1.54, 1.807) is 11.8 Å². The van der Waals surface area contributed by atoms with E-state index in [0.717, 1.165) is 77.8 Å². The van der Waals surface area contributed by atoms with Gasteiger partial charge < -0.3 is 19.5 Å². The summed E-state index contributed by atoms with van der Waals surface area (Å²) in [6.45, 7) is 12.2. The Morgan fingerprint density at radius 3 is 1.46 bits per heavy atom. The Kier molecular flexibility index (Phi) is 44.7. The minimum absolute atomic E-state index is 0.0946. The molecular weight excluding hydrogens is 805 g/mol. The van der Waals surface area contributed by atoms with Crippen molar-refractivity contribution in [2.75, 3.05) is 57.5 Å². The lowest BCUT2D eigenvalue weighted by Crippen LogP contribution is -2.38. The highest BCUT2D eigenvalue weighted by Gasteiger charge is 2.26. The van der Waals surface area contributed by atoms with Gasteiger partial charge in [0.05, 0.1) is 32.2 Å². The van der Waals surface area contributed by atoms with Gasteiger partial charge in [-0.1, -0.05) is 207 Å². The molecule has 0 radical (unpaired) electrons. The zero-order valence-corrected chi connectivity index (χ0v) is 42.8. The van der Waals surface area contributed by atoms with Gasteiger partial charge in [-0.05, 0) is 45.1 Å². The van der Waals surface area contributed by atoms with Crippen molar-refractivity contribution >= 4 is 29.6 Å². The number of ether oxygens (including phenoxy) is 3. The quantitative estimate of drug-likeness (QED) is 0.0477. The summed E-state index contributed by atoms with van der Waals surface area (Å²) < 4.78 is 17.3. The number of carbonyl (C=O) groups excluding carboxylic acids is 3. The average molecular weight is 910 g/mol. The van der Waals surface area contributed by atoms with Crippen molar-refractivity contribution < 1.29 is 28.6 Å². The zero-order chi connectivity index (χ0) is 45.5. The van der Waals surface area contributed by atoms with Crippen molar-refractivity contribution in [3.05, 3.63) is 0 Å². The van der Waals surface area contributed by atoms with Crippen molar-refractivity contribution in [3.63, 3.8) is 0 Å². The van der Waals surface area contributed by atoms with Gasteiger partial charge in [0.2, 0.25) is 5.91 Å². The lowest BCUT2D eigenvalue weighted by Gasteiger charge is -2.26. The van der Waals surface area contributed by atoms with Crippen LogP contribution in [0.5, 0.6) is 0 Å². The van der Waals surface area contributed by atoms with Gasteiger partial charge in [-0.2, -0.15) is 11.8 Å². The minimum atomic E-state index is -0.531. The maximum absolute atomic E-state index is 13.8. The second-order valence-electron chi connectivity index (χ2n) is 19.0. The lowest BCUT2D eigenvalue weighted by molar-refractivity contribution is -0.155. The molecule has 1 aliphatic heterocycles. The molecule has 0 spiro atoms. The molecule has 63 heavy (non-hydrogen) atoms. The van der Waals surface area contributed by atoms with Crippen LogP contribution in [0.15, 0.2) is 0 Å².